The third-order valence-electron chi connectivity index (χ3n) is 6.51. The molecular formula is C21H38N2O2. The number of amides is 2. The highest BCUT2D eigenvalue weighted by Gasteiger charge is 2.27. The van der Waals surface area contributed by atoms with E-state index >= 15 is 0 Å². The van der Waals surface area contributed by atoms with Gasteiger partial charge in [-0.25, -0.2) is 0 Å². The molecule has 2 amide bonds. The van der Waals surface area contributed by atoms with Crippen molar-refractivity contribution < 1.29 is 9.59 Å². The van der Waals surface area contributed by atoms with Crippen molar-refractivity contribution >= 4 is 11.8 Å². The summed E-state index contributed by atoms with van der Waals surface area (Å²) in [4.78, 5) is 28.5. The molecule has 2 atom stereocenters. The summed E-state index contributed by atoms with van der Waals surface area (Å²) in [7, 11) is 0. The molecule has 25 heavy (non-hydrogen) atoms. The SMILES string of the molecule is CCC(=O)N1CCCC(C(C)CCCC(=O)N2CCC(CC)CC2)C1. The second kappa shape index (κ2) is 10.2. The maximum Gasteiger partial charge on any atom is 0.222 e. The zero-order chi connectivity index (χ0) is 18.2. The van der Waals surface area contributed by atoms with Crippen LogP contribution >= 0.6 is 0 Å². The summed E-state index contributed by atoms with van der Waals surface area (Å²) in [6.07, 6.45) is 9.39. The van der Waals surface area contributed by atoms with Gasteiger partial charge in [0.2, 0.25) is 11.8 Å². The fourth-order valence-electron chi connectivity index (χ4n) is 4.48. The number of hydrogen-bond acceptors (Lipinski definition) is 2. The van der Waals surface area contributed by atoms with E-state index in [1.165, 1.54) is 25.7 Å². The molecule has 2 saturated heterocycles. The molecule has 0 radical (unpaired) electrons. The highest BCUT2D eigenvalue weighted by molar-refractivity contribution is 5.76. The zero-order valence-corrected chi connectivity index (χ0v) is 16.6. The molecule has 0 saturated carbocycles. The first-order valence-corrected chi connectivity index (χ1v) is 10.6. The summed E-state index contributed by atoms with van der Waals surface area (Å²) >= 11 is 0. The summed E-state index contributed by atoms with van der Waals surface area (Å²) in [5.74, 6) is 2.69. The zero-order valence-electron chi connectivity index (χ0n) is 16.6. The summed E-state index contributed by atoms with van der Waals surface area (Å²) < 4.78 is 0. The third-order valence-corrected chi connectivity index (χ3v) is 6.51. The quantitative estimate of drug-likeness (QED) is 0.694. The van der Waals surface area contributed by atoms with Gasteiger partial charge in [0.25, 0.3) is 0 Å². The number of carbonyl (C=O) groups excluding carboxylic acids is 2. The van der Waals surface area contributed by atoms with Crippen LogP contribution in [-0.2, 0) is 9.59 Å². The first-order valence-electron chi connectivity index (χ1n) is 10.6. The lowest BCUT2D eigenvalue weighted by molar-refractivity contribution is -0.133. The maximum atomic E-state index is 12.4. The second-order valence-electron chi connectivity index (χ2n) is 8.20. The van der Waals surface area contributed by atoms with E-state index < -0.39 is 0 Å². The van der Waals surface area contributed by atoms with E-state index in [4.69, 9.17) is 0 Å². The minimum absolute atomic E-state index is 0.294. The van der Waals surface area contributed by atoms with Gasteiger partial charge in [-0.3, -0.25) is 9.59 Å². The van der Waals surface area contributed by atoms with Gasteiger partial charge in [-0.1, -0.05) is 27.2 Å². The van der Waals surface area contributed by atoms with Crippen LogP contribution in [0.15, 0.2) is 0 Å². The summed E-state index contributed by atoms with van der Waals surface area (Å²) in [6, 6.07) is 0. The molecular weight excluding hydrogens is 312 g/mol. The highest BCUT2D eigenvalue weighted by atomic mass is 16.2. The molecule has 0 aliphatic carbocycles. The Balaban J connectivity index is 1.67. The van der Waals surface area contributed by atoms with Gasteiger partial charge in [0, 0.05) is 39.0 Å². The summed E-state index contributed by atoms with van der Waals surface area (Å²) in [6.45, 7) is 10.3. The fourth-order valence-corrected chi connectivity index (χ4v) is 4.48. The molecule has 2 aliphatic rings. The van der Waals surface area contributed by atoms with Crippen molar-refractivity contribution in [1.29, 1.82) is 0 Å². The van der Waals surface area contributed by atoms with Crippen molar-refractivity contribution in [1.82, 2.24) is 9.80 Å². The monoisotopic (exact) mass is 350 g/mol. The summed E-state index contributed by atoms with van der Waals surface area (Å²) in [5, 5.41) is 0. The van der Waals surface area contributed by atoms with Crippen LogP contribution in [-0.4, -0.2) is 47.8 Å². The maximum absolute atomic E-state index is 12.4. The van der Waals surface area contributed by atoms with Crippen LogP contribution in [0.3, 0.4) is 0 Å². The van der Waals surface area contributed by atoms with E-state index in [1.807, 2.05) is 11.8 Å². The average Bonchev–Trinajstić information content (AvgIpc) is 2.67. The van der Waals surface area contributed by atoms with Crippen molar-refractivity contribution in [2.75, 3.05) is 26.2 Å². The Morgan fingerprint density at radius 3 is 2.36 bits per heavy atom. The predicted molar refractivity (Wildman–Crippen MR) is 102 cm³/mol. The Bertz CT molecular complexity index is 430. The van der Waals surface area contributed by atoms with Crippen molar-refractivity contribution in [3.05, 3.63) is 0 Å². The fraction of sp³-hybridized carbons (Fsp3) is 0.905. The second-order valence-corrected chi connectivity index (χ2v) is 8.20. The van der Waals surface area contributed by atoms with E-state index in [0.717, 1.165) is 51.4 Å². The molecule has 2 rings (SSSR count). The number of nitrogens with zero attached hydrogens (tertiary/aromatic N) is 2. The number of rotatable bonds is 7. The molecule has 2 aliphatic heterocycles. The van der Waals surface area contributed by atoms with E-state index in [9.17, 15) is 9.59 Å². The van der Waals surface area contributed by atoms with Gasteiger partial charge in [0.15, 0.2) is 0 Å². The van der Waals surface area contributed by atoms with Gasteiger partial charge in [-0.2, -0.15) is 0 Å². The normalized spacial score (nSPS) is 23.6. The minimum Gasteiger partial charge on any atom is -0.343 e. The largest absolute Gasteiger partial charge is 0.343 e. The molecule has 144 valence electrons. The molecule has 0 spiro atoms. The Morgan fingerprint density at radius 1 is 1.00 bits per heavy atom. The first kappa shape index (κ1) is 20.3. The van der Waals surface area contributed by atoms with E-state index in [-0.39, 0.29) is 0 Å². The summed E-state index contributed by atoms with van der Waals surface area (Å²) in [5.41, 5.74) is 0. The number of likely N-dealkylation sites (tertiary alicyclic amines) is 2. The Kier molecular flexibility index (Phi) is 8.25. The van der Waals surface area contributed by atoms with Crippen LogP contribution in [0.1, 0.15) is 78.6 Å². The number of hydrogen-bond donors (Lipinski definition) is 0. The van der Waals surface area contributed by atoms with Crippen molar-refractivity contribution in [2.45, 2.75) is 78.6 Å². The number of piperidine rings is 2. The first-order chi connectivity index (χ1) is 12.0. The lowest BCUT2D eigenvalue weighted by Crippen LogP contribution is -2.41. The van der Waals surface area contributed by atoms with Gasteiger partial charge in [0.1, 0.15) is 0 Å². The average molecular weight is 351 g/mol. The molecule has 0 bridgehead atoms. The molecule has 0 aromatic carbocycles. The van der Waals surface area contributed by atoms with Gasteiger partial charge in [-0.05, 0) is 56.3 Å². The van der Waals surface area contributed by atoms with E-state index in [0.29, 0.717) is 36.5 Å². The van der Waals surface area contributed by atoms with Crippen LogP contribution in [0.2, 0.25) is 0 Å². The van der Waals surface area contributed by atoms with E-state index in [2.05, 4.69) is 18.7 Å². The topological polar surface area (TPSA) is 40.6 Å². The Labute approximate surface area is 154 Å². The smallest absolute Gasteiger partial charge is 0.222 e. The lowest BCUT2D eigenvalue weighted by Gasteiger charge is -2.36. The predicted octanol–water partition coefficient (Wildman–Crippen LogP) is 4.09. The van der Waals surface area contributed by atoms with Crippen LogP contribution in [0.4, 0.5) is 0 Å². The van der Waals surface area contributed by atoms with Crippen molar-refractivity contribution in [3.63, 3.8) is 0 Å². The van der Waals surface area contributed by atoms with Crippen LogP contribution in [0.5, 0.6) is 0 Å². The molecule has 2 fully saturated rings. The Morgan fingerprint density at radius 2 is 1.72 bits per heavy atom. The standard InChI is InChI=1S/C21H38N2O2/c1-4-18-11-14-22(15-12-18)21(25)10-6-8-17(3)19-9-7-13-23(16-19)20(24)5-2/h17-19H,4-16H2,1-3H3. The van der Waals surface area contributed by atoms with Crippen LogP contribution in [0.25, 0.3) is 0 Å². The van der Waals surface area contributed by atoms with Gasteiger partial charge >= 0.3 is 0 Å². The molecule has 0 aromatic rings. The van der Waals surface area contributed by atoms with Gasteiger partial charge < -0.3 is 9.80 Å². The number of carbonyl (C=O) groups is 2. The lowest BCUT2D eigenvalue weighted by atomic mass is 9.83. The molecule has 0 aromatic heterocycles. The minimum atomic E-state index is 0.294. The molecule has 2 heterocycles. The molecule has 4 heteroatoms. The van der Waals surface area contributed by atoms with Crippen molar-refractivity contribution in [3.8, 4) is 0 Å². The van der Waals surface area contributed by atoms with Crippen LogP contribution in [0, 0.1) is 17.8 Å². The molecule has 0 N–H and O–H groups in total. The van der Waals surface area contributed by atoms with Gasteiger partial charge in [0.05, 0.1) is 0 Å². The molecule has 4 nitrogen and oxygen atoms in total. The van der Waals surface area contributed by atoms with Crippen LogP contribution < -0.4 is 0 Å². The Hall–Kier alpha value is -1.06. The van der Waals surface area contributed by atoms with Gasteiger partial charge in [-0.15, -0.1) is 0 Å². The highest BCUT2D eigenvalue weighted by Crippen LogP contribution is 2.28. The third kappa shape index (κ3) is 6.00. The molecule has 2 unspecified atom stereocenters. The van der Waals surface area contributed by atoms with Crippen molar-refractivity contribution in [2.24, 2.45) is 17.8 Å². The van der Waals surface area contributed by atoms with E-state index in [1.54, 1.807) is 0 Å².